The first-order valence-corrected chi connectivity index (χ1v) is 13.0. The Balaban J connectivity index is 1.48. The van der Waals surface area contributed by atoms with Gasteiger partial charge in [0, 0.05) is 30.9 Å². The second-order valence-corrected chi connectivity index (χ2v) is 9.99. The van der Waals surface area contributed by atoms with Crippen LogP contribution in [0.5, 0.6) is 5.75 Å². The summed E-state index contributed by atoms with van der Waals surface area (Å²) in [6.07, 6.45) is 13.2. The van der Waals surface area contributed by atoms with E-state index in [-0.39, 0.29) is 6.10 Å². The van der Waals surface area contributed by atoms with Crippen LogP contribution in [-0.4, -0.2) is 39.8 Å². The number of nitrogens with zero attached hydrogens (tertiary/aromatic N) is 4. The van der Waals surface area contributed by atoms with Gasteiger partial charge in [-0.25, -0.2) is 18.7 Å². The third-order valence-electron chi connectivity index (χ3n) is 7.48. The van der Waals surface area contributed by atoms with Crippen molar-refractivity contribution in [1.29, 1.82) is 0 Å². The van der Waals surface area contributed by atoms with Gasteiger partial charge in [0.1, 0.15) is 22.9 Å². The predicted molar refractivity (Wildman–Crippen MR) is 138 cm³/mol. The molecule has 2 fully saturated rings. The van der Waals surface area contributed by atoms with Crippen molar-refractivity contribution in [2.75, 3.05) is 18.0 Å². The molecule has 1 saturated heterocycles. The highest BCUT2D eigenvalue weighted by molar-refractivity contribution is 5.91. The van der Waals surface area contributed by atoms with Gasteiger partial charge < -0.3 is 15.4 Å². The van der Waals surface area contributed by atoms with Gasteiger partial charge in [-0.1, -0.05) is 6.08 Å². The van der Waals surface area contributed by atoms with Crippen LogP contribution in [-0.2, 0) is 0 Å². The molecule has 6 rings (SSSR count). The standard InChI is InChI=1S/C28H31F2N5O/c29-21-16-18(8-10-23(21)31)27-33-26-25(34-14-4-1-5-15-34)12-13-32-28(26)35(27)24-11-9-20(17-22(24)30)36-19-6-2-3-7-19/h8-9,11-13,16-17,19,23H,1-7,10,14-15,31H2/t23-/m0/s1. The number of benzene rings is 1. The number of anilines is 1. The Hall–Kier alpha value is -3.26. The molecule has 3 aliphatic rings. The highest BCUT2D eigenvalue weighted by atomic mass is 19.1. The van der Waals surface area contributed by atoms with E-state index in [9.17, 15) is 4.39 Å². The van der Waals surface area contributed by atoms with Gasteiger partial charge in [-0.15, -0.1) is 0 Å². The molecular weight excluding hydrogens is 460 g/mol. The predicted octanol–water partition coefficient (Wildman–Crippen LogP) is 5.84. The van der Waals surface area contributed by atoms with Crippen molar-refractivity contribution in [3.05, 3.63) is 60.1 Å². The molecular formula is C28H31F2N5O. The van der Waals surface area contributed by atoms with Crippen LogP contribution in [0.4, 0.5) is 14.5 Å². The molecule has 2 aromatic heterocycles. The highest BCUT2D eigenvalue weighted by Gasteiger charge is 2.26. The maximum Gasteiger partial charge on any atom is 0.167 e. The zero-order valence-corrected chi connectivity index (χ0v) is 20.3. The number of rotatable bonds is 5. The molecule has 0 unspecified atom stereocenters. The molecule has 0 spiro atoms. The van der Waals surface area contributed by atoms with E-state index in [0.717, 1.165) is 57.3 Å². The van der Waals surface area contributed by atoms with Crippen molar-refractivity contribution in [3.8, 4) is 11.4 Å². The quantitative estimate of drug-likeness (QED) is 0.486. The van der Waals surface area contributed by atoms with Gasteiger partial charge in [0.2, 0.25) is 0 Å². The Morgan fingerprint density at radius 3 is 2.53 bits per heavy atom. The minimum atomic E-state index is -0.669. The number of piperidine rings is 1. The van der Waals surface area contributed by atoms with Gasteiger partial charge in [-0.3, -0.25) is 4.57 Å². The van der Waals surface area contributed by atoms with Crippen LogP contribution in [0.25, 0.3) is 22.4 Å². The van der Waals surface area contributed by atoms with Crippen LogP contribution in [0.3, 0.4) is 0 Å². The molecule has 1 aliphatic heterocycles. The van der Waals surface area contributed by atoms with Gasteiger partial charge >= 0.3 is 0 Å². The maximum absolute atomic E-state index is 15.7. The van der Waals surface area contributed by atoms with E-state index >= 15 is 4.39 Å². The maximum atomic E-state index is 15.7. The summed E-state index contributed by atoms with van der Waals surface area (Å²) >= 11 is 0. The molecule has 6 nitrogen and oxygen atoms in total. The largest absolute Gasteiger partial charge is 0.490 e. The molecule has 36 heavy (non-hydrogen) atoms. The van der Waals surface area contributed by atoms with Crippen LogP contribution >= 0.6 is 0 Å². The molecule has 1 aromatic carbocycles. The molecule has 1 saturated carbocycles. The minimum absolute atomic E-state index is 0.137. The second kappa shape index (κ2) is 9.65. The van der Waals surface area contributed by atoms with Crippen LogP contribution < -0.4 is 15.4 Å². The molecule has 2 aliphatic carbocycles. The fraction of sp³-hybridized carbons (Fsp3) is 0.429. The first-order chi connectivity index (χ1) is 17.6. The summed E-state index contributed by atoms with van der Waals surface area (Å²) in [7, 11) is 0. The lowest BCUT2D eigenvalue weighted by atomic mass is 10.0. The van der Waals surface area contributed by atoms with E-state index in [0.29, 0.717) is 40.4 Å². The third-order valence-corrected chi connectivity index (χ3v) is 7.48. The number of aromatic nitrogens is 3. The zero-order chi connectivity index (χ0) is 24.6. The highest BCUT2D eigenvalue weighted by Crippen LogP contribution is 2.36. The van der Waals surface area contributed by atoms with E-state index in [2.05, 4.69) is 9.88 Å². The van der Waals surface area contributed by atoms with Gasteiger partial charge in [0.25, 0.3) is 0 Å². The summed E-state index contributed by atoms with van der Waals surface area (Å²) in [6, 6.07) is 6.22. The number of ether oxygens (including phenoxy) is 1. The number of allylic oxidation sites excluding steroid dienone is 2. The lowest BCUT2D eigenvalue weighted by Gasteiger charge is -2.28. The summed E-state index contributed by atoms with van der Waals surface area (Å²) in [6.45, 7) is 1.88. The lowest BCUT2D eigenvalue weighted by Crippen LogP contribution is -2.29. The van der Waals surface area contributed by atoms with Crippen molar-refractivity contribution >= 4 is 22.4 Å². The summed E-state index contributed by atoms with van der Waals surface area (Å²) in [5, 5.41) is 0. The van der Waals surface area contributed by atoms with Gasteiger partial charge in [0.05, 0.1) is 23.5 Å². The van der Waals surface area contributed by atoms with E-state index in [1.54, 1.807) is 22.9 Å². The van der Waals surface area contributed by atoms with Crippen molar-refractivity contribution < 1.29 is 13.5 Å². The van der Waals surface area contributed by atoms with Gasteiger partial charge in [0.15, 0.2) is 11.5 Å². The first kappa shape index (κ1) is 23.2. The molecule has 0 bridgehead atoms. The lowest BCUT2D eigenvalue weighted by molar-refractivity contribution is 0.209. The SMILES string of the molecule is N[C@H]1CC=C(c2nc3c(N4CCCCC4)ccnc3n2-c2ccc(OC3CCCC3)cc2F)C=C1F. The summed E-state index contributed by atoms with van der Waals surface area (Å²) in [4.78, 5) is 11.9. The normalized spacial score (nSPS) is 21.1. The van der Waals surface area contributed by atoms with Crippen LogP contribution in [0.15, 0.2) is 48.4 Å². The molecule has 188 valence electrons. The van der Waals surface area contributed by atoms with Crippen molar-refractivity contribution in [2.24, 2.45) is 5.73 Å². The number of fused-ring (bicyclic) bond motifs is 1. The van der Waals surface area contributed by atoms with Crippen molar-refractivity contribution in [3.63, 3.8) is 0 Å². The van der Waals surface area contributed by atoms with E-state index in [1.807, 2.05) is 12.1 Å². The molecule has 2 N–H and O–H groups in total. The van der Waals surface area contributed by atoms with E-state index in [4.69, 9.17) is 15.5 Å². The molecule has 3 aromatic rings. The molecule has 8 heteroatoms. The van der Waals surface area contributed by atoms with Gasteiger partial charge in [-0.2, -0.15) is 0 Å². The van der Waals surface area contributed by atoms with E-state index < -0.39 is 17.7 Å². The first-order valence-electron chi connectivity index (χ1n) is 13.0. The second-order valence-electron chi connectivity index (χ2n) is 9.99. The minimum Gasteiger partial charge on any atom is -0.490 e. The number of pyridine rings is 1. The summed E-state index contributed by atoms with van der Waals surface area (Å²) < 4.78 is 37.9. The fourth-order valence-electron chi connectivity index (χ4n) is 5.55. The number of imidazole rings is 1. The van der Waals surface area contributed by atoms with Crippen LogP contribution in [0, 0.1) is 5.82 Å². The molecule has 0 radical (unpaired) electrons. The monoisotopic (exact) mass is 491 g/mol. The third kappa shape index (κ3) is 4.28. The Morgan fingerprint density at radius 2 is 1.78 bits per heavy atom. The number of hydrogen-bond acceptors (Lipinski definition) is 5. The number of halogens is 2. The summed E-state index contributed by atoms with van der Waals surface area (Å²) in [5.41, 5.74) is 8.94. The molecule has 0 amide bonds. The summed E-state index contributed by atoms with van der Waals surface area (Å²) in [5.74, 6) is 0.127. The Bertz CT molecular complexity index is 1340. The van der Waals surface area contributed by atoms with Crippen LogP contribution in [0.1, 0.15) is 57.2 Å². The Kier molecular flexibility index (Phi) is 6.21. The smallest absolute Gasteiger partial charge is 0.167 e. The van der Waals surface area contributed by atoms with Crippen molar-refractivity contribution in [1.82, 2.24) is 14.5 Å². The van der Waals surface area contributed by atoms with Crippen molar-refractivity contribution in [2.45, 2.75) is 63.5 Å². The van der Waals surface area contributed by atoms with Crippen LogP contribution in [0.2, 0.25) is 0 Å². The average molecular weight is 492 g/mol. The molecule has 3 heterocycles. The number of nitrogens with two attached hydrogens (primary N) is 1. The van der Waals surface area contributed by atoms with E-state index in [1.165, 1.54) is 18.6 Å². The Labute approximate surface area is 209 Å². The Morgan fingerprint density at radius 1 is 0.972 bits per heavy atom. The van der Waals surface area contributed by atoms with Gasteiger partial charge in [-0.05, 0) is 75.6 Å². The average Bonchev–Trinajstić information content (AvgIpc) is 3.54. The zero-order valence-electron chi connectivity index (χ0n) is 20.3. The molecule has 1 atom stereocenters. The number of hydrogen-bond donors (Lipinski definition) is 1. The topological polar surface area (TPSA) is 69.2 Å². The fourth-order valence-corrected chi connectivity index (χ4v) is 5.55.